The van der Waals surface area contributed by atoms with Gasteiger partial charge in [0.05, 0.1) is 4.90 Å². The number of sulfonamides is 1. The molecule has 1 fully saturated rings. The molecule has 0 saturated carbocycles. The Labute approximate surface area is 110 Å². The average Bonchev–Trinajstić information content (AvgIpc) is 2.85. The number of aryl methyl sites for hydroxylation is 1. The smallest absolute Gasteiger partial charge is 0.345 e. The number of carbonyl (C=O) groups is 1. The third kappa shape index (κ3) is 2.30. The van der Waals surface area contributed by atoms with Crippen LogP contribution in [0.3, 0.4) is 0 Å². The zero-order chi connectivity index (χ0) is 13.5. The van der Waals surface area contributed by atoms with Gasteiger partial charge >= 0.3 is 5.97 Å². The van der Waals surface area contributed by atoms with Gasteiger partial charge in [-0.15, -0.1) is 11.3 Å². The highest BCUT2D eigenvalue weighted by Crippen LogP contribution is 2.30. The third-order valence-electron chi connectivity index (χ3n) is 3.09. The van der Waals surface area contributed by atoms with Crippen LogP contribution in [0.5, 0.6) is 0 Å². The van der Waals surface area contributed by atoms with Gasteiger partial charge in [0.15, 0.2) is 0 Å². The number of aromatic carboxylic acids is 1. The van der Waals surface area contributed by atoms with Crippen molar-refractivity contribution in [3.8, 4) is 0 Å². The van der Waals surface area contributed by atoms with Crippen molar-refractivity contribution in [2.24, 2.45) is 5.92 Å². The fraction of sp³-hybridized carbons (Fsp3) is 0.545. The lowest BCUT2D eigenvalue weighted by molar-refractivity contribution is 0.0702. The van der Waals surface area contributed by atoms with Crippen molar-refractivity contribution in [1.29, 1.82) is 0 Å². The molecule has 100 valence electrons. The molecule has 1 atom stereocenters. The standard InChI is InChI=1S/C11H15NO4S2/c1-7-3-4-12(6-7)18(15,16)10-5-9(11(13)14)17-8(10)2/h5,7H,3-4,6H2,1-2H3,(H,13,14). The molecule has 5 nitrogen and oxygen atoms in total. The molecule has 0 aromatic carbocycles. The third-order valence-corrected chi connectivity index (χ3v) is 6.25. The molecule has 18 heavy (non-hydrogen) atoms. The molecule has 1 aromatic rings. The Bertz CT molecular complexity index is 576. The zero-order valence-electron chi connectivity index (χ0n) is 10.2. The van der Waals surface area contributed by atoms with Gasteiger partial charge in [0.2, 0.25) is 10.0 Å². The number of carboxylic acids is 1. The first-order valence-electron chi connectivity index (χ1n) is 5.66. The van der Waals surface area contributed by atoms with Crippen LogP contribution in [0.25, 0.3) is 0 Å². The van der Waals surface area contributed by atoms with Crippen molar-refractivity contribution in [1.82, 2.24) is 4.31 Å². The molecule has 1 aliphatic heterocycles. The first kappa shape index (κ1) is 13.5. The van der Waals surface area contributed by atoms with Crippen LogP contribution >= 0.6 is 11.3 Å². The summed E-state index contributed by atoms with van der Waals surface area (Å²) >= 11 is 1.00. The van der Waals surface area contributed by atoms with E-state index in [1.54, 1.807) is 6.92 Å². The molecule has 0 amide bonds. The molecule has 1 aliphatic rings. The van der Waals surface area contributed by atoms with E-state index in [2.05, 4.69) is 0 Å². The van der Waals surface area contributed by atoms with Gasteiger partial charge in [0.1, 0.15) is 4.88 Å². The molecule has 0 radical (unpaired) electrons. The molecule has 0 spiro atoms. The van der Waals surface area contributed by atoms with E-state index in [4.69, 9.17) is 5.11 Å². The SMILES string of the molecule is Cc1sc(C(=O)O)cc1S(=O)(=O)N1CCC(C)C1. The Morgan fingerprint density at radius 2 is 2.22 bits per heavy atom. The fourth-order valence-corrected chi connectivity index (χ4v) is 5.05. The predicted octanol–water partition coefficient (Wildman–Crippen LogP) is 1.79. The Kier molecular flexibility index (Phi) is 3.48. The largest absolute Gasteiger partial charge is 0.477 e. The van der Waals surface area contributed by atoms with Crippen molar-refractivity contribution in [2.75, 3.05) is 13.1 Å². The van der Waals surface area contributed by atoms with E-state index < -0.39 is 16.0 Å². The lowest BCUT2D eigenvalue weighted by Gasteiger charge is -2.15. The van der Waals surface area contributed by atoms with Crippen LogP contribution in [0.4, 0.5) is 0 Å². The predicted molar refractivity (Wildman–Crippen MR) is 68.6 cm³/mol. The molecule has 2 rings (SSSR count). The summed E-state index contributed by atoms with van der Waals surface area (Å²) in [6.07, 6.45) is 0.855. The summed E-state index contributed by atoms with van der Waals surface area (Å²) in [5.74, 6) is -0.725. The van der Waals surface area contributed by atoms with Gasteiger partial charge in [-0.3, -0.25) is 0 Å². The maximum atomic E-state index is 12.4. The Hall–Kier alpha value is -0.920. The highest BCUT2D eigenvalue weighted by molar-refractivity contribution is 7.89. The first-order chi connectivity index (χ1) is 8.32. The number of hydrogen-bond donors (Lipinski definition) is 1. The highest BCUT2D eigenvalue weighted by atomic mass is 32.2. The van der Waals surface area contributed by atoms with E-state index in [0.29, 0.717) is 23.9 Å². The number of thiophene rings is 1. The molecule has 1 N–H and O–H groups in total. The average molecular weight is 289 g/mol. The Morgan fingerprint density at radius 3 is 2.67 bits per heavy atom. The van der Waals surface area contributed by atoms with E-state index in [1.807, 2.05) is 6.92 Å². The van der Waals surface area contributed by atoms with Crippen molar-refractivity contribution in [2.45, 2.75) is 25.2 Å². The van der Waals surface area contributed by atoms with E-state index in [0.717, 1.165) is 17.8 Å². The quantitative estimate of drug-likeness (QED) is 0.920. The van der Waals surface area contributed by atoms with Gasteiger partial charge in [-0.25, -0.2) is 13.2 Å². The summed E-state index contributed by atoms with van der Waals surface area (Å²) in [5.41, 5.74) is 0. The van der Waals surface area contributed by atoms with Crippen LogP contribution in [-0.2, 0) is 10.0 Å². The van der Waals surface area contributed by atoms with E-state index in [9.17, 15) is 13.2 Å². The summed E-state index contributed by atoms with van der Waals surface area (Å²) in [6, 6.07) is 1.26. The molecule has 0 bridgehead atoms. The second kappa shape index (κ2) is 4.64. The minimum absolute atomic E-state index is 0.0679. The molecule has 1 saturated heterocycles. The van der Waals surface area contributed by atoms with E-state index in [-0.39, 0.29) is 9.77 Å². The summed E-state index contributed by atoms with van der Waals surface area (Å²) < 4.78 is 26.2. The minimum atomic E-state index is -3.53. The maximum Gasteiger partial charge on any atom is 0.345 e. The lowest BCUT2D eigenvalue weighted by Crippen LogP contribution is -2.28. The molecular formula is C11H15NO4S2. The van der Waals surface area contributed by atoms with Crippen LogP contribution < -0.4 is 0 Å². The topological polar surface area (TPSA) is 74.7 Å². The van der Waals surface area contributed by atoms with Crippen LogP contribution in [-0.4, -0.2) is 36.9 Å². The normalized spacial score (nSPS) is 21.3. The number of carboxylic acid groups (broad SMARTS) is 1. The Morgan fingerprint density at radius 1 is 1.56 bits per heavy atom. The van der Waals surface area contributed by atoms with Gasteiger partial charge in [0, 0.05) is 18.0 Å². The maximum absolute atomic E-state index is 12.4. The lowest BCUT2D eigenvalue weighted by atomic mass is 10.2. The first-order valence-corrected chi connectivity index (χ1v) is 7.92. The second-order valence-electron chi connectivity index (χ2n) is 4.59. The fourth-order valence-electron chi connectivity index (χ4n) is 2.08. The van der Waals surface area contributed by atoms with E-state index in [1.165, 1.54) is 10.4 Å². The zero-order valence-corrected chi connectivity index (χ0v) is 11.8. The number of rotatable bonds is 3. The van der Waals surface area contributed by atoms with Gasteiger partial charge in [-0.1, -0.05) is 6.92 Å². The minimum Gasteiger partial charge on any atom is -0.477 e. The summed E-state index contributed by atoms with van der Waals surface area (Å²) in [5, 5.41) is 8.90. The monoisotopic (exact) mass is 289 g/mol. The van der Waals surface area contributed by atoms with Crippen molar-refractivity contribution >= 4 is 27.3 Å². The summed E-state index contributed by atoms with van der Waals surface area (Å²) in [7, 11) is -3.53. The van der Waals surface area contributed by atoms with Crippen molar-refractivity contribution in [3.63, 3.8) is 0 Å². The van der Waals surface area contributed by atoms with Gasteiger partial charge in [-0.2, -0.15) is 4.31 Å². The number of nitrogens with zero attached hydrogens (tertiary/aromatic N) is 1. The molecule has 0 aliphatic carbocycles. The molecule has 7 heteroatoms. The van der Waals surface area contributed by atoms with Gasteiger partial charge in [-0.05, 0) is 25.3 Å². The van der Waals surface area contributed by atoms with E-state index >= 15 is 0 Å². The van der Waals surface area contributed by atoms with Crippen LogP contribution in [0.15, 0.2) is 11.0 Å². The van der Waals surface area contributed by atoms with Crippen molar-refractivity contribution in [3.05, 3.63) is 15.8 Å². The summed E-state index contributed by atoms with van der Waals surface area (Å²) in [6.45, 7) is 4.68. The second-order valence-corrected chi connectivity index (χ2v) is 7.76. The molecule has 2 heterocycles. The van der Waals surface area contributed by atoms with Gasteiger partial charge in [0.25, 0.3) is 0 Å². The van der Waals surface area contributed by atoms with Gasteiger partial charge < -0.3 is 5.11 Å². The Balaban J connectivity index is 2.38. The van der Waals surface area contributed by atoms with Crippen LogP contribution in [0, 0.1) is 12.8 Å². The van der Waals surface area contributed by atoms with Crippen molar-refractivity contribution < 1.29 is 18.3 Å². The molecule has 1 unspecified atom stereocenters. The van der Waals surface area contributed by atoms with Crippen LogP contribution in [0.1, 0.15) is 27.9 Å². The number of hydrogen-bond acceptors (Lipinski definition) is 4. The highest BCUT2D eigenvalue weighted by Gasteiger charge is 2.33. The molecule has 1 aromatic heterocycles. The molecular weight excluding hydrogens is 274 g/mol. The summed E-state index contributed by atoms with van der Waals surface area (Å²) in [4.78, 5) is 11.6. The van der Waals surface area contributed by atoms with Crippen LogP contribution in [0.2, 0.25) is 0 Å².